The SMILES string of the molecule is Cl.Nc1ccccc1SCn1ccccc1=O. The fourth-order valence-corrected chi connectivity index (χ4v) is 2.22. The van der Waals surface area contributed by atoms with E-state index in [0.29, 0.717) is 5.88 Å². The maximum Gasteiger partial charge on any atom is 0.251 e. The number of anilines is 1. The summed E-state index contributed by atoms with van der Waals surface area (Å²) in [6.45, 7) is 0. The molecule has 0 amide bonds. The van der Waals surface area contributed by atoms with Gasteiger partial charge in [0.1, 0.15) is 0 Å². The zero-order valence-corrected chi connectivity index (χ0v) is 10.7. The van der Waals surface area contributed by atoms with Gasteiger partial charge in [0.25, 0.3) is 5.56 Å². The third kappa shape index (κ3) is 3.54. The molecule has 0 spiro atoms. The monoisotopic (exact) mass is 268 g/mol. The standard InChI is InChI=1S/C12H12N2OS.ClH/c13-10-5-1-2-6-11(10)16-9-14-8-4-3-7-12(14)15;/h1-8H,9,13H2;1H. The molecule has 17 heavy (non-hydrogen) atoms. The van der Waals surface area contributed by atoms with Gasteiger partial charge in [-0.25, -0.2) is 0 Å². The van der Waals surface area contributed by atoms with Crippen molar-refractivity contribution in [2.24, 2.45) is 0 Å². The first kappa shape index (κ1) is 13.7. The van der Waals surface area contributed by atoms with Crippen LogP contribution in [-0.2, 0) is 5.88 Å². The molecule has 0 aliphatic carbocycles. The highest BCUT2D eigenvalue weighted by Gasteiger charge is 1.99. The second-order valence-electron chi connectivity index (χ2n) is 3.32. The number of halogens is 1. The number of rotatable bonds is 3. The summed E-state index contributed by atoms with van der Waals surface area (Å²) in [6, 6.07) is 12.8. The summed E-state index contributed by atoms with van der Waals surface area (Å²) in [7, 11) is 0. The van der Waals surface area contributed by atoms with Crippen LogP contribution in [0.4, 0.5) is 5.69 Å². The summed E-state index contributed by atoms with van der Waals surface area (Å²) in [5.74, 6) is 0.577. The Morgan fingerprint density at radius 1 is 1.12 bits per heavy atom. The molecule has 0 fully saturated rings. The summed E-state index contributed by atoms with van der Waals surface area (Å²) in [4.78, 5) is 12.4. The molecule has 0 atom stereocenters. The normalized spacial score (nSPS) is 9.65. The molecule has 0 aliphatic heterocycles. The number of nitrogen functional groups attached to an aromatic ring is 1. The maximum absolute atomic E-state index is 11.4. The van der Waals surface area contributed by atoms with Crippen LogP contribution in [0.2, 0.25) is 0 Å². The number of benzene rings is 1. The summed E-state index contributed by atoms with van der Waals surface area (Å²) in [6.07, 6.45) is 1.77. The van der Waals surface area contributed by atoms with Gasteiger partial charge >= 0.3 is 0 Å². The topological polar surface area (TPSA) is 48.0 Å². The van der Waals surface area contributed by atoms with Crippen molar-refractivity contribution in [2.45, 2.75) is 10.8 Å². The Kier molecular flexibility index (Phi) is 5.12. The van der Waals surface area contributed by atoms with Gasteiger partial charge in [-0.15, -0.1) is 24.2 Å². The van der Waals surface area contributed by atoms with Gasteiger partial charge < -0.3 is 10.3 Å². The molecule has 2 rings (SSSR count). The number of aromatic nitrogens is 1. The number of pyridine rings is 1. The van der Waals surface area contributed by atoms with E-state index in [1.807, 2.05) is 30.3 Å². The van der Waals surface area contributed by atoms with Crippen LogP contribution in [-0.4, -0.2) is 4.57 Å². The molecule has 0 unspecified atom stereocenters. The van der Waals surface area contributed by atoms with Crippen molar-refractivity contribution in [1.82, 2.24) is 4.57 Å². The molecule has 2 N–H and O–H groups in total. The zero-order chi connectivity index (χ0) is 11.4. The van der Waals surface area contributed by atoms with Crippen LogP contribution in [0.15, 0.2) is 58.4 Å². The third-order valence-corrected chi connectivity index (χ3v) is 3.27. The third-order valence-electron chi connectivity index (χ3n) is 2.18. The first-order chi connectivity index (χ1) is 7.77. The Morgan fingerprint density at radius 2 is 1.82 bits per heavy atom. The molecular weight excluding hydrogens is 256 g/mol. The minimum atomic E-state index is 0. The minimum absolute atomic E-state index is 0. The molecule has 2 aromatic rings. The first-order valence-corrected chi connectivity index (χ1v) is 5.89. The number of nitrogens with two attached hydrogens (primary N) is 1. The van der Waals surface area contributed by atoms with E-state index in [2.05, 4.69) is 0 Å². The van der Waals surface area contributed by atoms with Gasteiger partial charge in [0.2, 0.25) is 0 Å². The molecule has 90 valence electrons. The summed E-state index contributed by atoms with van der Waals surface area (Å²) >= 11 is 1.55. The summed E-state index contributed by atoms with van der Waals surface area (Å²) < 4.78 is 1.65. The molecule has 5 heteroatoms. The van der Waals surface area contributed by atoms with Crippen molar-refractivity contribution in [3.63, 3.8) is 0 Å². The van der Waals surface area contributed by atoms with Crippen molar-refractivity contribution >= 4 is 29.9 Å². The lowest BCUT2D eigenvalue weighted by Crippen LogP contribution is -2.16. The second kappa shape index (κ2) is 6.37. The number of hydrogen-bond donors (Lipinski definition) is 1. The fraction of sp³-hybridized carbons (Fsp3) is 0.0833. The van der Waals surface area contributed by atoms with Crippen LogP contribution >= 0.6 is 24.2 Å². The summed E-state index contributed by atoms with van der Waals surface area (Å²) in [5.41, 5.74) is 6.57. The molecule has 1 aromatic heterocycles. The van der Waals surface area contributed by atoms with Crippen LogP contribution in [0.1, 0.15) is 0 Å². The van der Waals surface area contributed by atoms with Gasteiger partial charge in [-0.2, -0.15) is 0 Å². The van der Waals surface area contributed by atoms with E-state index in [9.17, 15) is 4.79 Å². The van der Waals surface area contributed by atoms with Gasteiger partial charge in [0.15, 0.2) is 0 Å². The predicted molar refractivity (Wildman–Crippen MR) is 74.7 cm³/mol. The number of thioether (sulfide) groups is 1. The van der Waals surface area contributed by atoms with Gasteiger partial charge in [-0.3, -0.25) is 4.79 Å². The lowest BCUT2D eigenvalue weighted by molar-refractivity contribution is 0.839. The van der Waals surface area contributed by atoms with Crippen molar-refractivity contribution in [1.29, 1.82) is 0 Å². The highest BCUT2D eigenvalue weighted by Crippen LogP contribution is 2.24. The quantitative estimate of drug-likeness (QED) is 0.688. The van der Waals surface area contributed by atoms with E-state index < -0.39 is 0 Å². The smallest absolute Gasteiger partial charge is 0.251 e. The van der Waals surface area contributed by atoms with Crippen molar-refractivity contribution in [3.05, 3.63) is 59.0 Å². The molecule has 1 heterocycles. The zero-order valence-electron chi connectivity index (χ0n) is 9.08. The maximum atomic E-state index is 11.4. The molecule has 0 aliphatic rings. The van der Waals surface area contributed by atoms with Crippen LogP contribution in [0.3, 0.4) is 0 Å². The fourth-order valence-electron chi connectivity index (χ4n) is 1.32. The van der Waals surface area contributed by atoms with E-state index in [0.717, 1.165) is 10.6 Å². The van der Waals surface area contributed by atoms with Crippen LogP contribution < -0.4 is 11.3 Å². The lowest BCUT2D eigenvalue weighted by atomic mass is 10.3. The van der Waals surface area contributed by atoms with Crippen LogP contribution in [0, 0.1) is 0 Å². The van der Waals surface area contributed by atoms with E-state index in [4.69, 9.17) is 5.73 Å². The Hall–Kier alpha value is -1.39. The average molecular weight is 269 g/mol. The largest absolute Gasteiger partial charge is 0.398 e. The number of nitrogens with zero attached hydrogens (tertiary/aromatic N) is 1. The number of hydrogen-bond acceptors (Lipinski definition) is 3. The molecule has 0 saturated carbocycles. The highest BCUT2D eigenvalue weighted by molar-refractivity contribution is 7.98. The van der Waals surface area contributed by atoms with E-state index >= 15 is 0 Å². The molecule has 0 radical (unpaired) electrons. The Bertz CT molecular complexity index is 542. The van der Waals surface area contributed by atoms with Crippen molar-refractivity contribution < 1.29 is 0 Å². The number of para-hydroxylation sites is 1. The molecular formula is C12H13ClN2OS. The highest BCUT2D eigenvalue weighted by atomic mass is 35.5. The van der Waals surface area contributed by atoms with E-state index in [-0.39, 0.29) is 18.0 Å². The molecule has 3 nitrogen and oxygen atoms in total. The van der Waals surface area contributed by atoms with E-state index in [1.54, 1.807) is 34.7 Å². The Morgan fingerprint density at radius 3 is 2.53 bits per heavy atom. The van der Waals surface area contributed by atoms with Crippen molar-refractivity contribution in [3.8, 4) is 0 Å². The predicted octanol–water partition coefficient (Wildman–Crippen LogP) is 2.60. The molecule has 1 aromatic carbocycles. The van der Waals surface area contributed by atoms with Gasteiger partial charge in [-0.1, -0.05) is 18.2 Å². The molecule has 0 bridgehead atoms. The van der Waals surface area contributed by atoms with Crippen LogP contribution in [0.25, 0.3) is 0 Å². The van der Waals surface area contributed by atoms with E-state index in [1.165, 1.54) is 0 Å². The van der Waals surface area contributed by atoms with Crippen LogP contribution in [0.5, 0.6) is 0 Å². The first-order valence-electron chi connectivity index (χ1n) is 4.90. The van der Waals surface area contributed by atoms with Gasteiger partial charge in [-0.05, 0) is 18.2 Å². The average Bonchev–Trinajstić information content (AvgIpc) is 2.30. The van der Waals surface area contributed by atoms with Gasteiger partial charge in [0, 0.05) is 22.8 Å². The molecule has 0 saturated heterocycles. The second-order valence-corrected chi connectivity index (χ2v) is 4.31. The lowest BCUT2D eigenvalue weighted by Gasteiger charge is -2.06. The Labute approximate surface area is 110 Å². The summed E-state index contributed by atoms with van der Waals surface area (Å²) in [5, 5.41) is 0. The van der Waals surface area contributed by atoms with Gasteiger partial charge in [0.05, 0.1) is 5.88 Å². The Balaban J connectivity index is 0.00000144. The minimum Gasteiger partial charge on any atom is -0.398 e. The van der Waals surface area contributed by atoms with Crippen molar-refractivity contribution in [2.75, 3.05) is 5.73 Å².